The molecule has 27 heavy (non-hydrogen) atoms. The topological polar surface area (TPSA) is 97.1 Å². The van der Waals surface area contributed by atoms with Gasteiger partial charge in [0.25, 0.3) is 11.8 Å². The van der Waals surface area contributed by atoms with Gasteiger partial charge in [-0.25, -0.2) is 0 Å². The normalized spacial score (nSPS) is 10.5. The molecule has 0 aliphatic heterocycles. The second-order valence-corrected chi connectivity index (χ2v) is 5.73. The van der Waals surface area contributed by atoms with Gasteiger partial charge in [-0.3, -0.25) is 25.4 Å². The molecule has 0 spiro atoms. The highest BCUT2D eigenvalue weighted by atomic mass is 16.5. The van der Waals surface area contributed by atoms with E-state index in [4.69, 9.17) is 4.52 Å². The molecule has 4 rings (SSSR count). The van der Waals surface area contributed by atoms with E-state index in [0.717, 1.165) is 10.9 Å². The Kier molecular flexibility index (Phi) is 4.32. The average molecular weight is 358 g/mol. The summed E-state index contributed by atoms with van der Waals surface area (Å²) in [6, 6.07) is 20.0. The van der Waals surface area contributed by atoms with Gasteiger partial charge in [0.15, 0.2) is 11.5 Å². The molecule has 0 atom stereocenters. The molecule has 7 heteroatoms. The summed E-state index contributed by atoms with van der Waals surface area (Å²) >= 11 is 0. The van der Waals surface area contributed by atoms with Crippen LogP contribution in [0.15, 0.2) is 77.4 Å². The third kappa shape index (κ3) is 3.38. The molecule has 2 amide bonds. The van der Waals surface area contributed by atoms with E-state index in [1.807, 2.05) is 54.6 Å². The predicted octanol–water partition coefficient (Wildman–Crippen LogP) is 2.96. The number of carbonyl (C=O) groups excluding carboxylic acids is 2. The second-order valence-electron chi connectivity index (χ2n) is 5.73. The van der Waals surface area contributed by atoms with Crippen LogP contribution >= 0.6 is 0 Å². The highest BCUT2D eigenvalue weighted by Gasteiger charge is 2.16. The number of hydrogen-bond donors (Lipinski definition) is 2. The van der Waals surface area contributed by atoms with Gasteiger partial charge in [0.05, 0.1) is 0 Å². The highest BCUT2D eigenvalue weighted by Crippen LogP contribution is 2.19. The number of nitrogens with zero attached hydrogens (tertiary/aromatic N) is 2. The van der Waals surface area contributed by atoms with Gasteiger partial charge in [-0.1, -0.05) is 59.8 Å². The highest BCUT2D eigenvalue weighted by molar-refractivity contribution is 6.06. The summed E-state index contributed by atoms with van der Waals surface area (Å²) in [7, 11) is 0. The lowest BCUT2D eigenvalue weighted by Crippen LogP contribution is -2.42. The molecule has 0 radical (unpaired) electrons. The number of nitrogens with one attached hydrogen (secondary N) is 2. The maximum Gasteiger partial charge on any atom is 0.291 e. The lowest BCUT2D eigenvalue weighted by atomic mass is 10.1. The number of amides is 2. The van der Waals surface area contributed by atoms with Crippen molar-refractivity contribution in [1.82, 2.24) is 21.0 Å². The summed E-state index contributed by atoms with van der Waals surface area (Å²) < 4.78 is 5.19. The Morgan fingerprint density at radius 2 is 1.59 bits per heavy atom. The van der Waals surface area contributed by atoms with E-state index < -0.39 is 11.8 Å². The minimum atomic E-state index is -0.588. The van der Waals surface area contributed by atoms with Crippen molar-refractivity contribution in [3.8, 4) is 11.3 Å². The van der Waals surface area contributed by atoms with Crippen molar-refractivity contribution >= 4 is 22.6 Å². The lowest BCUT2D eigenvalue weighted by Gasteiger charge is -2.07. The SMILES string of the molecule is O=C(NNC(=O)c1nccc2ccccc12)c1cc(-c2ccccc2)on1. The van der Waals surface area contributed by atoms with Crippen LogP contribution in [0.2, 0.25) is 0 Å². The fourth-order valence-electron chi connectivity index (χ4n) is 2.66. The fourth-order valence-corrected chi connectivity index (χ4v) is 2.66. The van der Waals surface area contributed by atoms with Crippen LogP contribution in [0.4, 0.5) is 0 Å². The molecule has 0 saturated carbocycles. The number of carbonyl (C=O) groups is 2. The summed E-state index contributed by atoms with van der Waals surface area (Å²) in [5, 5.41) is 5.32. The smallest absolute Gasteiger partial charge is 0.291 e. The molecule has 2 aromatic carbocycles. The minimum Gasteiger partial charge on any atom is -0.355 e. The number of benzene rings is 2. The van der Waals surface area contributed by atoms with E-state index in [1.54, 1.807) is 12.3 Å². The van der Waals surface area contributed by atoms with Gasteiger partial charge in [0, 0.05) is 23.2 Å². The van der Waals surface area contributed by atoms with Crippen LogP contribution in [0.1, 0.15) is 21.0 Å². The fraction of sp³-hybridized carbons (Fsp3) is 0. The Morgan fingerprint density at radius 3 is 2.44 bits per heavy atom. The summed E-state index contributed by atoms with van der Waals surface area (Å²) in [5.74, 6) is -0.649. The first-order valence-electron chi connectivity index (χ1n) is 8.19. The zero-order valence-corrected chi connectivity index (χ0v) is 14.0. The summed E-state index contributed by atoms with van der Waals surface area (Å²) in [4.78, 5) is 28.7. The second kappa shape index (κ2) is 7.09. The van der Waals surface area contributed by atoms with Crippen molar-refractivity contribution in [2.45, 2.75) is 0 Å². The van der Waals surface area contributed by atoms with Gasteiger partial charge < -0.3 is 4.52 Å². The van der Waals surface area contributed by atoms with E-state index >= 15 is 0 Å². The number of pyridine rings is 1. The molecule has 132 valence electrons. The van der Waals surface area contributed by atoms with Crippen LogP contribution in [0.3, 0.4) is 0 Å². The largest absolute Gasteiger partial charge is 0.355 e. The first kappa shape index (κ1) is 16.5. The van der Waals surface area contributed by atoms with E-state index in [1.165, 1.54) is 6.07 Å². The van der Waals surface area contributed by atoms with Crippen LogP contribution in [0.5, 0.6) is 0 Å². The van der Waals surface area contributed by atoms with Crippen LogP contribution in [-0.2, 0) is 0 Å². The molecular weight excluding hydrogens is 344 g/mol. The van der Waals surface area contributed by atoms with Crippen molar-refractivity contribution in [3.63, 3.8) is 0 Å². The molecule has 0 aliphatic carbocycles. The van der Waals surface area contributed by atoms with Crippen molar-refractivity contribution in [3.05, 3.63) is 84.3 Å². The maximum absolute atomic E-state index is 12.4. The maximum atomic E-state index is 12.4. The number of hydrazine groups is 1. The molecule has 0 fully saturated rings. The Bertz CT molecular complexity index is 1120. The standard InChI is InChI=1S/C20H14N4O3/c25-19(16-12-17(27-24-16)14-7-2-1-3-8-14)22-23-20(26)18-15-9-5-4-6-13(15)10-11-21-18/h1-12H,(H,22,25)(H,23,26). The number of fused-ring (bicyclic) bond motifs is 1. The first-order chi connectivity index (χ1) is 13.2. The third-order valence-electron chi connectivity index (χ3n) is 3.98. The van der Waals surface area contributed by atoms with Crippen LogP contribution in [0, 0.1) is 0 Å². The first-order valence-corrected chi connectivity index (χ1v) is 8.19. The molecular formula is C20H14N4O3. The monoisotopic (exact) mass is 358 g/mol. The Hall–Kier alpha value is -4.00. The van der Waals surface area contributed by atoms with Crippen molar-refractivity contribution < 1.29 is 14.1 Å². The van der Waals surface area contributed by atoms with Gasteiger partial charge in [0.1, 0.15) is 5.69 Å². The van der Waals surface area contributed by atoms with Gasteiger partial charge in [-0.2, -0.15) is 0 Å². The van der Waals surface area contributed by atoms with Gasteiger partial charge >= 0.3 is 0 Å². The predicted molar refractivity (Wildman–Crippen MR) is 98.6 cm³/mol. The molecule has 0 aliphatic rings. The number of aromatic nitrogens is 2. The minimum absolute atomic E-state index is 0.0556. The molecule has 7 nitrogen and oxygen atoms in total. The third-order valence-corrected chi connectivity index (χ3v) is 3.98. The summed E-state index contributed by atoms with van der Waals surface area (Å²) in [6.07, 6.45) is 1.54. The number of hydrogen-bond acceptors (Lipinski definition) is 5. The molecule has 0 saturated heterocycles. The van der Waals surface area contributed by atoms with E-state index in [-0.39, 0.29) is 11.4 Å². The lowest BCUT2D eigenvalue weighted by molar-refractivity contribution is 0.0840. The van der Waals surface area contributed by atoms with Gasteiger partial charge in [-0.15, -0.1) is 0 Å². The van der Waals surface area contributed by atoms with Gasteiger partial charge in [-0.05, 0) is 11.5 Å². The van der Waals surface area contributed by atoms with Crippen molar-refractivity contribution in [2.75, 3.05) is 0 Å². The number of rotatable bonds is 3. The molecule has 4 aromatic rings. The zero-order valence-electron chi connectivity index (χ0n) is 14.0. The average Bonchev–Trinajstić information content (AvgIpc) is 3.22. The summed E-state index contributed by atoms with van der Waals surface area (Å²) in [6.45, 7) is 0. The van der Waals surface area contributed by atoms with Crippen molar-refractivity contribution in [1.29, 1.82) is 0 Å². The zero-order chi connectivity index (χ0) is 18.6. The van der Waals surface area contributed by atoms with Gasteiger partial charge in [0.2, 0.25) is 0 Å². The van der Waals surface area contributed by atoms with E-state index in [0.29, 0.717) is 11.1 Å². The molecule has 0 unspecified atom stereocenters. The van der Waals surface area contributed by atoms with E-state index in [2.05, 4.69) is 21.0 Å². The molecule has 2 N–H and O–H groups in total. The molecule has 0 bridgehead atoms. The quantitative estimate of drug-likeness (QED) is 0.549. The van der Waals surface area contributed by atoms with Crippen LogP contribution in [0.25, 0.3) is 22.1 Å². The molecule has 2 heterocycles. The Labute approximate surface area is 154 Å². The van der Waals surface area contributed by atoms with E-state index in [9.17, 15) is 9.59 Å². The summed E-state index contributed by atoms with van der Waals surface area (Å²) in [5.41, 5.74) is 5.76. The Balaban J connectivity index is 1.46. The molecule has 2 aromatic heterocycles. The van der Waals surface area contributed by atoms with Crippen LogP contribution < -0.4 is 10.9 Å². The van der Waals surface area contributed by atoms with Crippen LogP contribution in [-0.4, -0.2) is 22.0 Å². The Morgan fingerprint density at radius 1 is 0.852 bits per heavy atom. The van der Waals surface area contributed by atoms with Crippen molar-refractivity contribution in [2.24, 2.45) is 0 Å².